The number of hydrogen-bond donors (Lipinski definition) is 3. The SMILES string of the molecule is NNC(=O)NN=C(SCc1ccccc1)SCc1ccccc1. The van der Waals surface area contributed by atoms with Crippen LogP contribution >= 0.6 is 23.5 Å². The van der Waals surface area contributed by atoms with Gasteiger partial charge in [-0.15, -0.1) is 0 Å². The molecule has 0 saturated carbocycles. The highest BCUT2D eigenvalue weighted by Crippen LogP contribution is 2.24. The van der Waals surface area contributed by atoms with Crippen molar-refractivity contribution in [3.8, 4) is 0 Å². The Labute approximate surface area is 144 Å². The Morgan fingerprint density at radius 3 is 1.83 bits per heavy atom. The van der Waals surface area contributed by atoms with Crippen LogP contribution in [0.25, 0.3) is 0 Å². The second-order valence-corrected chi connectivity index (χ2v) is 6.70. The van der Waals surface area contributed by atoms with Crippen LogP contribution in [0.4, 0.5) is 4.79 Å². The molecule has 4 N–H and O–H groups in total. The van der Waals surface area contributed by atoms with Gasteiger partial charge in [0.15, 0.2) is 4.38 Å². The molecule has 2 aromatic rings. The molecular weight excluding hydrogens is 328 g/mol. The summed E-state index contributed by atoms with van der Waals surface area (Å²) in [6, 6.07) is 19.7. The largest absolute Gasteiger partial charge is 0.349 e. The van der Waals surface area contributed by atoms with Gasteiger partial charge in [-0.05, 0) is 11.1 Å². The van der Waals surface area contributed by atoms with E-state index in [1.165, 1.54) is 11.1 Å². The molecule has 5 nitrogen and oxygen atoms in total. The fourth-order valence-electron chi connectivity index (χ4n) is 1.67. The van der Waals surface area contributed by atoms with E-state index in [1.807, 2.05) is 41.8 Å². The van der Waals surface area contributed by atoms with E-state index in [2.05, 4.69) is 34.8 Å². The van der Waals surface area contributed by atoms with Gasteiger partial charge in [-0.1, -0.05) is 84.2 Å². The molecule has 23 heavy (non-hydrogen) atoms. The van der Waals surface area contributed by atoms with E-state index < -0.39 is 6.03 Å². The third-order valence-electron chi connectivity index (χ3n) is 2.79. The molecule has 0 aliphatic rings. The molecule has 0 aromatic heterocycles. The molecular formula is C16H18N4OS2. The zero-order chi connectivity index (χ0) is 16.3. The summed E-state index contributed by atoms with van der Waals surface area (Å²) < 4.78 is 0.779. The Kier molecular flexibility index (Phi) is 7.51. The highest BCUT2D eigenvalue weighted by atomic mass is 32.2. The Balaban J connectivity index is 1.95. The van der Waals surface area contributed by atoms with Crippen molar-refractivity contribution in [1.82, 2.24) is 10.9 Å². The molecule has 7 heteroatoms. The maximum absolute atomic E-state index is 11.2. The number of carbonyl (C=O) groups is 1. The number of hydrazone groups is 1. The third-order valence-corrected chi connectivity index (χ3v) is 5.13. The van der Waals surface area contributed by atoms with Gasteiger partial charge < -0.3 is 0 Å². The van der Waals surface area contributed by atoms with Crippen LogP contribution in [0.5, 0.6) is 0 Å². The molecule has 0 bridgehead atoms. The van der Waals surface area contributed by atoms with Gasteiger partial charge >= 0.3 is 6.03 Å². The van der Waals surface area contributed by atoms with E-state index >= 15 is 0 Å². The lowest BCUT2D eigenvalue weighted by molar-refractivity contribution is 0.241. The maximum atomic E-state index is 11.2. The van der Waals surface area contributed by atoms with Gasteiger partial charge in [-0.2, -0.15) is 5.10 Å². The first-order valence-corrected chi connectivity index (χ1v) is 8.93. The van der Waals surface area contributed by atoms with Crippen LogP contribution in [0.2, 0.25) is 0 Å². The van der Waals surface area contributed by atoms with Crippen molar-refractivity contribution in [2.75, 3.05) is 0 Å². The normalized spacial score (nSPS) is 9.96. The molecule has 0 aliphatic heterocycles. The number of nitrogens with one attached hydrogen (secondary N) is 2. The number of hydrazine groups is 1. The molecule has 0 unspecified atom stereocenters. The average Bonchev–Trinajstić information content (AvgIpc) is 2.62. The minimum atomic E-state index is -0.539. The van der Waals surface area contributed by atoms with Gasteiger partial charge in [0.1, 0.15) is 0 Å². The van der Waals surface area contributed by atoms with Crippen molar-refractivity contribution in [2.45, 2.75) is 11.5 Å². The van der Waals surface area contributed by atoms with E-state index in [0.29, 0.717) is 0 Å². The Hall–Kier alpha value is -1.96. The quantitative estimate of drug-likeness (QED) is 0.255. The first-order chi connectivity index (χ1) is 11.3. The maximum Gasteiger partial charge on any atom is 0.349 e. The predicted octanol–water partition coefficient (Wildman–Crippen LogP) is 3.30. The summed E-state index contributed by atoms with van der Waals surface area (Å²) in [5.74, 6) is 6.61. The number of rotatable bonds is 5. The van der Waals surface area contributed by atoms with Crippen molar-refractivity contribution < 1.29 is 4.79 Å². The van der Waals surface area contributed by atoms with E-state index in [9.17, 15) is 4.79 Å². The third kappa shape index (κ3) is 6.77. The number of thioether (sulfide) groups is 2. The Bertz CT molecular complexity index is 590. The van der Waals surface area contributed by atoms with Crippen LogP contribution in [0, 0.1) is 0 Å². The molecule has 120 valence electrons. The molecule has 0 aliphatic carbocycles. The zero-order valence-corrected chi connectivity index (χ0v) is 14.1. The minimum Gasteiger partial charge on any atom is -0.274 e. The van der Waals surface area contributed by atoms with Gasteiger partial charge in [0.2, 0.25) is 0 Å². The van der Waals surface area contributed by atoms with Crippen LogP contribution in [-0.2, 0) is 11.5 Å². The number of benzene rings is 2. The first-order valence-electron chi connectivity index (χ1n) is 6.95. The molecule has 0 heterocycles. The number of carbonyl (C=O) groups excluding carboxylic acids is 1. The van der Waals surface area contributed by atoms with Crippen molar-refractivity contribution in [3.63, 3.8) is 0 Å². The highest BCUT2D eigenvalue weighted by molar-refractivity contribution is 8.38. The summed E-state index contributed by atoms with van der Waals surface area (Å²) in [6.07, 6.45) is 0. The highest BCUT2D eigenvalue weighted by Gasteiger charge is 2.05. The van der Waals surface area contributed by atoms with Crippen LogP contribution in [0.15, 0.2) is 65.8 Å². The molecule has 2 amide bonds. The van der Waals surface area contributed by atoms with E-state index in [-0.39, 0.29) is 0 Å². The van der Waals surface area contributed by atoms with Crippen LogP contribution in [-0.4, -0.2) is 10.4 Å². The Morgan fingerprint density at radius 1 is 0.913 bits per heavy atom. The first kappa shape index (κ1) is 17.4. The van der Waals surface area contributed by atoms with Crippen molar-refractivity contribution in [2.24, 2.45) is 10.9 Å². The molecule has 0 spiro atoms. The summed E-state index contributed by atoms with van der Waals surface area (Å²) in [6.45, 7) is 0. The fourth-order valence-corrected chi connectivity index (χ4v) is 3.55. The van der Waals surface area contributed by atoms with E-state index in [4.69, 9.17) is 5.84 Å². The van der Waals surface area contributed by atoms with Gasteiger partial charge in [-0.3, -0.25) is 5.43 Å². The summed E-state index contributed by atoms with van der Waals surface area (Å²) in [5, 5.41) is 4.13. The lowest BCUT2D eigenvalue weighted by atomic mass is 10.2. The smallest absolute Gasteiger partial charge is 0.274 e. The van der Waals surface area contributed by atoms with Gasteiger partial charge in [0, 0.05) is 11.5 Å². The van der Waals surface area contributed by atoms with E-state index in [1.54, 1.807) is 23.5 Å². The van der Waals surface area contributed by atoms with Crippen LogP contribution in [0.3, 0.4) is 0 Å². The number of urea groups is 1. The molecule has 0 atom stereocenters. The van der Waals surface area contributed by atoms with Crippen molar-refractivity contribution in [1.29, 1.82) is 0 Å². The predicted molar refractivity (Wildman–Crippen MR) is 98.8 cm³/mol. The number of amides is 2. The van der Waals surface area contributed by atoms with Crippen molar-refractivity contribution >= 4 is 33.9 Å². The monoisotopic (exact) mass is 346 g/mol. The molecule has 0 saturated heterocycles. The minimum absolute atomic E-state index is 0.539. The standard InChI is InChI=1S/C16H18N4OS2/c17-18-15(21)19-20-16(22-11-13-7-3-1-4-8-13)23-12-14-9-5-2-6-10-14/h1-10H,11-12,17H2,(H2,18,19,21). The van der Waals surface area contributed by atoms with Crippen LogP contribution in [0.1, 0.15) is 11.1 Å². The number of hydrogen-bond acceptors (Lipinski definition) is 5. The molecule has 2 aromatic carbocycles. The topological polar surface area (TPSA) is 79.5 Å². The van der Waals surface area contributed by atoms with Gasteiger partial charge in [0.25, 0.3) is 0 Å². The van der Waals surface area contributed by atoms with Gasteiger partial charge in [-0.25, -0.2) is 16.1 Å². The Morgan fingerprint density at radius 2 is 1.39 bits per heavy atom. The fraction of sp³-hybridized carbons (Fsp3) is 0.125. The van der Waals surface area contributed by atoms with Crippen LogP contribution < -0.4 is 16.7 Å². The zero-order valence-electron chi connectivity index (χ0n) is 12.4. The molecule has 0 radical (unpaired) electrons. The molecule has 2 rings (SSSR count). The summed E-state index contributed by atoms with van der Waals surface area (Å²) in [5.41, 5.74) is 6.77. The summed E-state index contributed by atoms with van der Waals surface area (Å²) in [4.78, 5) is 11.2. The average molecular weight is 346 g/mol. The lowest BCUT2D eigenvalue weighted by Crippen LogP contribution is -2.37. The number of nitrogens with zero attached hydrogens (tertiary/aromatic N) is 1. The number of nitrogens with two attached hydrogens (primary N) is 1. The van der Waals surface area contributed by atoms with Crippen molar-refractivity contribution in [3.05, 3.63) is 71.8 Å². The lowest BCUT2D eigenvalue weighted by Gasteiger charge is -2.07. The summed E-state index contributed by atoms with van der Waals surface area (Å²) >= 11 is 3.15. The molecule has 0 fully saturated rings. The second-order valence-electron chi connectivity index (χ2n) is 4.51. The van der Waals surface area contributed by atoms with E-state index in [0.717, 1.165) is 15.9 Å². The summed E-state index contributed by atoms with van der Waals surface area (Å²) in [7, 11) is 0. The van der Waals surface area contributed by atoms with Gasteiger partial charge in [0.05, 0.1) is 0 Å². The second kappa shape index (κ2) is 9.94.